The highest BCUT2D eigenvalue weighted by Crippen LogP contribution is 2.34. The second-order valence-electron chi connectivity index (χ2n) is 5.99. The maximum absolute atomic E-state index is 12.2. The van der Waals surface area contributed by atoms with Gasteiger partial charge in [0.2, 0.25) is 12.7 Å². The number of rotatable bonds is 5. The fourth-order valence-electron chi connectivity index (χ4n) is 2.49. The van der Waals surface area contributed by atoms with Crippen LogP contribution in [-0.2, 0) is 4.79 Å². The summed E-state index contributed by atoms with van der Waals surface area (Å²) >= 11 is 1.34. The summed E-state index contributed by atoms with van der Waals surface area (Å²) < 4.78 is 10.7. The van der Waals surface area contributed by atoms with Crippen LogP contribution in [-0.4, -0.2) is 28.4 Å². The first kappa shape index (κ1) is 17.5. The van der Waals surface area contributed by atoms with Gasteiger partial charge in [-0.1, -0.05) is 17.8 Å². The Hall–Kier alpha value is -2.28. The molecular weight excluding hydrogens is 338 g/mol. The molecule has 1 aliphatic rings. The van der Waals surface area contributed by atoms with E-state index in [0.29, 0.717) is 10.9 Å². The zero-order valence-electron chi connectivity index (χ0n) is 14.8. The van der Waals surface area contributed by atoms with Gasteiger partial charge in [0.1, 0.15) is 0 Å². The quantitative estimate of drug-likeness (QED) is 0.653. The number of ether oxygens (including phenoxy) is 2. The van der Waals surface area contributed by atoms with Gasteiger partial charge in [0.25, 0.3) is 0 Å². The smallest absolute Gasteiger partial charge is 0.231 e. The molecule has 0 saturated carbocycles. The van der Waals surface area contributed by atoms with Gasteiger partial charge in [-0.15, -0.1) is 0 Å². The van der Waals surface area contributed by atoms with E-state index in [1.165, 1.54) is 11.8 Å². The fourth-order valence-corrected chi connectivity index (χ4v) is 3.23. The summed E-state index contributed by atoms with van der Waals surface area (Å²) in [7, 11) is 0. The van der Waals surface area contributed by atoms with Crippen molar-refractivity contribution in [3.63, 3.8) is 0 Å². The number of aryl methyl sites for hydroxylation is 2. The molecule has 1 atom stereocenters. The lowest BCUT2D eigenvalue weighted by Gasteiger charge is -2.14. The number of carbonyl (C=O) groups is 1. The average Bonchev–Trinajstić information content (AvgIpc) is 3.05. The number of benzene rings is 1. The van der Waals surface area contributed by atoms with Crippen molar-refractivity contribution in [1.29, 1.82) is 0 Å². The summed E-state index contributed by atoms with van der Waals surface area (Å²) in [6.07, 6.45) is 0. The molecule has 1 aliphatic heterocycles. The Morgan fingerprint density at radius 1 is 1.20 bits per heavy atom. The molecule has 0 spiro atoms. The minimum absolute atomic E-state index is 0.0605. The number of amides is 1. The molecule has 1 amide bonds. The lowest BCUT2D eigenvalue weighted by molar-refractivity contribution is -0.119. The number of aromatic nitrogens is 2. The lowest BCUT2D eigenvalue weighted by Crippen LogP contribution is -2.28. The average molecular weight is 359 g/mol. The summed E-state index contributed by atoms with van der Waals surface area (Å²) in [6.45, 7) is 8.09. The summed E-state index contributed by atoms with van der Waals surface area (Å²) in [5, 5.41) is 3.62. The van der Waals surface area contributed by atoms with Gasteiger partial charge in [0.05, 0.1) is 11.8 Å². The van der Waals surface area contributed by atoms with Crippen molar-refractivity contribution in [1.82, 2.24) is 15.3 Å². The molecule has 132 valence electrons. The molecule has 6 nitrogen and oxygen atoms in total. The number of nitrogens with zero attached hydrogens (tertiary/aromatic N) is 2. The van der Waals surface area contributed by atoms with Crippen LogP contribution in [0.5, 0.6) is 11.5 Å². The highest BCUT2D eigenvalue weighted by Gasteiger charge is 2.17. The van der Waals surface area contributed by atoms with E-state index in [4.69, 9.17) is 9.47 Å². The largest absolute Gasteiger partial charge is 0.454 e. The predicted octanol–water partition coefficient (Wildman–Crippen LogP) is 3.10. The molecule has 1 aromatic heterocycles. The SMILES string of the molecule is Cc1nc(SCC(=O)N[C@H](C)c2ccc3c(c2)OCO3)nc(C)c1C. The monoisotopic (exact) mass is 359 g/mol. The highest BCUT2D eigenvalue weighted by molar-refractivity contribution is 7.99. The van der Waals surface area contributed by atoms with Crippen LogP contribution in [0.15, 0.2) is 23.4 Å². The van der Waals surface area contributed by atoms with Crippen molar-refractivity contribution in [2.75, 3.05) is 12.5 Å². The van der Waals surface area contributed by atoms with E-state index in [2.05, 4.69) is 15.3 Å². The number of hydrogen-bond donors (Lipinski definition) is 1. The van der Waals surface area contributed by atoms with E-state index in [1.54, 1.807) is 0 Å². The van der Waals surface area contributed by atoms with Crippen molar-refractivity contribution < 1.29 is 14.3 Å². The second kappa shape index (κ2) is 7.31. The first-order chi connectivity index (χ1) is 11.9. The Bertz CT molecular complexity index is 787. The van der Waals surface area contributed by atoms with Gasteiger partial charge in [-0.05, 0) is 51.0 Å². The van der Waals surface area contributed by atoms with Crippen LogP contribution in [0.3, 0.4) is 0 Å². The van der Waals surface area contributed by atoms with Gasteiger partial charge < -0.3 is 14.8 Å². The van der Waals surface area contributed by atoms with Crippen molar-refractivity contribution in [3.8, 4) is 11.5 Å². The third-order valence-electron chi connectivity index (χ3n) is 4.22. The zero-order valence-corrected chi connectivity index (χ0v) is 15.6. The molecule has 7 heteroatoms. The first-order valence-corrected chi connectivity index (χ1v) is 9.06. The molecule has 0 fully saturated rings. The number of nitrogens with one attached hydrogen (secondary N) is 1. The second-order valence-corrected chi connectivity index (χ2v) is 6.94. The summed E-state index contributed by atoms with van der Waals surface area (Å²) in [6, 6.07) is 5.57. The molecule has 0 aliphatic carbocycles. The predicted molar refractivity (Wildman–Crippen MR) is 96.1 cm³/mol. The van der Waals surface area contributed by atoms with Gasteiger partial charge in [-0.2, -0.15) is 0 Å². The molecule has 25 heavy (non-hydrogen) atoms. The topological polar surface area (TPSA) is 73.3 Å². The van der Waals surface area contributed by atoms with Gasteiger partial charge >= 0.3 is 0 Å². The van der Waals surface area contributed by atoms with E-state index in [-0.39, 0.29) is 24.5 Å². The Labute approximate surface area is 151 Å². The van der Waals surface area contributed by atoms with E-state index in [0.717, 1.165) is 28.3 Å². The van der Waals surface area contributed by atoms with Crippen LogP contribution in [0.4, 0.5) is 0 Å². The molecule has 1 aromatic carbocycles. The molecule has 0 unspecified atom stereocenters. The van der Waals surface area contributed by atoms with E-state index >= 15 is 0 Å². The van der Waals surface area contributed by atoms with Crippen LogP contribution in [0.25, 0.3) is 0 Å². The first-order valence-electron chi connectivity index (χ1n) is 8.07. The van der Waals surface area contributed by atoms with Crippen LogP contribution in [0.2, 0.25) is 0 Å². The van der Waals surface area contributed by atoms with Crippen LogP contribution < -0.4 is 14.8 Å². The third-order valence-corrected chi connectivity index (χ3v) is 5.07. The maximum Gasteiger partial charge on any atom is 0.231 e. The van der Waals surface area contributed by atoms with Gasteiger partial charge in [0.15, 0.2) is 16.7 Å². The minimum Gasteiger partial charge on any atom is -0.454 e. The zero-order chi connectivity index (χ0) is 18.0. The van der Waals surface area contributed by atoms with E-state index in [9.17, 15) is 4.79 Å². The Morgan fingerprint density at radius 3 is 2.60 bits per heavy atom. The van der Waals surface area contributed by atoms with E-state index in [1.807, 2.05) is 45.9 Å². The van der Waals surface area contributed by atoms with Crippen LogP contribution in [0.1, 0.15) is 35.5 Å². The van der Waals surface area contributed by atoms with Crippen LogP contribution in [0, 0.1) is 20.8 Å². The number of hydrogen-bond acceptors (Lipinski definition) is 6. The summed E-state index contributed by atoms with van der Waals surface area (Å²) in [5.74, 6) is 1.67. The van der Waals surface area contributed by atoms with Crippen molar-refractivity contribution in [3.05, 3.63) is 40.7 Å². The number of thioether (sulfide) groups is 1. The van der Waals surface area contributed by atoms with E-state index < -0.39 is 0 Å². The molecule has 0 saturated heterocycles. The van der Waals surface area contributed by atoms with Crippen LogP contribution >= 0.6 is 11.8 Å². The van der Waals surface area contributed by atoms with Crippen molar-refractivity contribution >= 4 is 17.7 Å². The Kier molecular flexibility index (Phi) is 5.13. The van der Waals surface area contributed by atoms with Crippen molar-refractivity contribution in [2.45, 2.75) is 38.9 Å². The third kappa shape index (κ3) is 4.04. The maximum atomic E-state index is 12.2. The normalized spacial score (nSPS) is 13.6. The molecule has 1 N–H and O–H groups in total. The minimum atomic E-state index is -0.120. The fraction of sp³-hybridized carbons (Fsp3) is 0.389. The molecule has 2 aromatic rings. The lowest BCUT2D eigenvalue weighted by atomic mass is 10.1. The molecule has 2 heterocycles. The molecule has 0 radical (unpaired) electrons. The standard InChI is InChI=1S/C18H21N3O3S/c1-10-11(2)20-18(21-12(10)3)25-8-17(22)19-13(4)14-5-6-15-16(7-14)24-9-23-15/h5-7,13H,8-9H2,1-4H3,(H,19,22)/t13-/m1/s1. The molecular formula is C18H21N3O3S. The Balaban J connectivity index is 1.57. The molecule has 3 rings (SSSR count). The molecule has 0 bridgehead atoms. The highest BCUT2D eigenvalue weighted by atomic mass is 32.2. The van der Waals surface area contributed by atoms with Gasteiger partial charge in [-0.25, -0.2) is 9.97 Å². The summed E-state index contributed by atoms with van der Waals surface area (Å²) in [5.41, 5.74) is 3.96. The van der Waals surface area contributed by atoms with Gasteiger partial charge in [-0.3, -0.25) is 4.79 Å². The van der Waals surface area contributed by atoms with Crippen molar-refractivity contribution in [2.24, 2.45) is 0 Å². The number of carbonyl (C=O) groups excluding carboxylic acids is 1. The van der Waals surface area contributed by atoms with Gasteiger partial charge in [0, 0.05) is 11.4 Å². The summed E-state index contributed by atoms with van der Waals surface area (Å²) in [4.78, 5) is 21.1. The number of fused-ring (bicyclic) bond motifs is 1. The Morgan fingerprint density at radius 2 is 1.88 bits per heavy atom.